The molecular formula is C28H30N6O3. The second kappa shape index (κ2) is 8.48. The van der Waals surface area contributed by atoms with Gasteiger partial charge >= 0.3 is 6.09 Å². The first-order chi connectivity index (χ1) is 17.4. The lowest BCUT2D eigenvalue weighted by Crippen LogP contribution is -2.70. The van der Waals surface area contributed by atoms with Gasteiger partial charge in [-0.3, -0.25) is 4.90 Å². The van der Waals surface area contributed by atoms with Crippen LogP contribution in [0.1, 0.15) is 68.0 Å². The minimum atomic E-state index is -0.611. The second-order valence-corrected chi connectivity index (χ2v) is 11.5. The summed E-state index contributed by atoms with van der Waals surface area (Å²) in [5.74, 6) is 1.51. The minimum absolute atomic E-state index is 0.148. The molecule has 1 aromatic carbocycles. The molecule has 2 heterocycles. The maximum absolute atomic E-state index is 12.8. The number of carbonyl (C=O) groups is 1. The van der Waals surface area contributed by atoms with Crippen LogP contribution in [-0.4, -0.2) is 32.1 Å². The fraction of sp³-hybridized carbons (Fsp3) is 0.464. The van der Waals surface area contributed by atoms with Crippen LogP contribution < -0.4 is 10.1 Å². The van der Waals surface area contributed by atoms with Crippen molar-refractivity contribution in [1.29, 1.82) is 10.5 Å². The molecule has 0 saturated heterocycles. The molecule has 9 heteroatoms. The van der Waals surface area contributed by atoms with E-state index in [4.69, 9.17) is 24.7 Å². The van der Waals surface area contributed by atoms with Gasteiger partial charge in [0.05, 0.1) is 41.9 Å². The van der Waals surface area contributed by atoms with Crippen molar-refractivity contribution in [2.45, 2.75) is 78.1 Å². The van der Waals surface area contributed by atoms with Crippen LogP contribution in [0.25, 0.3) is 6.08 Å². The van der Waals surface area contributed by atoms with Gasteiger partial charge in [-0.05, 0) is 88.8 Å². The van der Waals surface area contributed by atoms with E-state index < -0.39 is 11.7 Å². The average Bonchev–Trinajstić information content (AvgIpc) is 3.19. The normalized spacial score (nSPS) is 23.4. The summed E-state index contributed by atoms with van der Waals surface area (Å²) in [7, 11) is 0. The Bertz CT molecular complexity index is 1370. The Hall–Kier alpha value is -4.11. The number of hydrogen-bond acceptors (Lipinski definition) is 8. The highest BCUT2D eigenvalue weighted by atomic mass is 16.6. The highest BCUT2D eigenvalue weighted by Gasteiger charge is 2.69. The van der Waals surface area contributed by atoms with Crippen LogP contribution in [0.3, 0.4) is 0 Å². The maximum atomic E-state index is 12.8. The maximum Gasteiger partial charge on any atom is 0.410 e. The van der Waals surface area contributed by atoms with Crippen molar-refractivity contribution in [1.82, 2.24) is 14.9 Å². The number of allylic oxidation sites excluding steroid dienone is 1. The number of aromatic nitrogens is 2. The Kier molecular flexibility index (Phi) is 5.64. The number of ether oxygens (including phenoxy) is 2. The molecule has 2 bridgehead atoms. The summed E-state index contributed by atoms with van der Waals surface area (Å²) in [6, 6.07) is 8.34. The summed E-state index contributed by atoms with van der Waals surface area (Å²) in [6.45, 7) is 9.98. The number of fused-ring (bicyclic) bond motifs is 1. The highest BCUT2D eigenvalue weighted by molar-refractivity contribution is 5.69. The number of aryl methyl sites for hydroxylation is 2. The third-order valence-corrected chi connectivity index (χ3v) is 7.07. The van der Waals surface area contributed by atoms with Crippen LogP contribution in [-0.2, 0) is 17.8 Å². The molecule has 0 atom stereocenters. The molecule has 0 unspecified atom stereocenters. The summed E-state index contributed by atoms with van der Waals surface area (Å²) in [4.78, 5) is 23.9. The molecule has 0 spiro atoms. The molecule has 190 valence electrons. The molecule has 2 aromatic rings. The zero-order chi connectivity index (χ0) is 26.6. The zero-order valence-corrected chi connectivity index (χ0v) is 21.8. The fourth-order valence-corrected chi connectivity index (χ4v) is 5.57. The molecular weight excluding hydrogens is 468 g/mol. The molecule has 3 saturated carbocycles. The molecule has 1 aromatic heterocycles. The van der Waals surface area contributed by atoms with Crippen LogP contribution in [0.5, 0.6) is 11.6 Å². The smallest absolute Gasteiger partial charge is 0.410 e. The molecule has 3 aliphatic carbocycles. The molecule has 0 radical (unpaired) electrons. The largest absolute Gasteiger partial charge is 0.444 e. The number of hydrogen-bond donors (Lipinski definition) is 1. The highest BCUT2D eigenvalue weighted by Crippen LogP contribution is 2.67. The van der Waals surface area contributed by atoms with Crippen LogP contribution >= 0.6 is 0 Å². The number of amides is 1. The molecule has 3 fully saturated rings. The summed E-state index contributed by atoms with van der Waals surface area (Å²) in [5, 5.41) is 21.7. The average molecular weight is 499 g/mol. The minimum Gasteiger partial charge on any atom is -0.444 e. The number of anilines is 1. The van der Waals surface area contributed by atoms with E-state index in [9.17, 15) is 10.1 Å². The van der Waals surface area contributed by atoms with E-state index in [2.05, 4.69) is 11.4 Å². The first-order valence-corrected chi connectivity index (χ1v) is 12.4. The molecule has 1 N–H and O–H groups in total. The van der Waals surface area contributed by atoms with Gasteiger partial charge in [0.1, 0.15) is 11.4 Å². The van der Waals surface area contributed by atoms with Gasteiger partial charge < -0.3 is 14.8 Å². The first-order valence-electron chi connectivity index (χ1n) is 12.4. The van der Waals surface area contributed by atoms with Gasteiger partial charge in [0, 0.05) is 11.6 Å². The Morgan fingerprint density at radius 2 is 1.81 bits per heavy atom. The molecule has 37 heavy (non-hydrogen) atoms. The lowest BCUT2D eigenvalue weighted by Gasteiger charge is -2.66. The monoisotopic (exact) mass is 498 g/mol. The summed E-state index contributed by atoms with van der Waals surface area (Å²) < 4.78 is 12.0. The Labute approximate surface area is 216 Å². The predicted octanol–water partition coefficient (Wildman–Crippen LogP) is 5.53. The third kappa shape index (κ3) is 4.58. The van der Waals surface area contributed by atoms with Gasteiger partial charge in [-0.25, -0.2) is 9.78 Å². The van der Waals surface area contributed by atoms with Crippen molar-refractivity contribution >= 4 is 18.1 Å². The summed E-state index contributed by atoms with van der Waals surface area (Å²) in [6.07, 6.45) is 5.14. The third-order valence-electron chi connectivity index (χ3n) is 7.07. The van der Waals surface area contributed by atoms with Crippen molar-refractivity contribution in [3.63, 3.8) is 0 Å². The molecule has 9 nitrogen and oxygen atoms in total. The Morgan fingerprint density at radius 1 is 1.14 bits per heavy atom. The topological polar surface area (TPSA) is 124 Å². The van der Waals surface area contributed by atoms with E-state index in [0.717, 1.165) is 41.5 Å². The number of rotatable bonds is 5. The molecule has 1 amide bonds. The Morgan fingerprint density at radius 3 is 2.41 bits per heavy atom. The second-order valence-electron chi connectivity index (χ2n) is 11.5. The van der Waals surface area contributed by atoms with E-state index in [0.29, 0.717) is 29.8 Å². The number of nitrogens with one attached hydrogen (secondary N) is 1. The van der Waals surface area contributed by atoms with Crippen molar-refractivity contribution in [3.05, 3.63) is 46.2 Å². The van der Waals surface area contributed by atoms with Gasteiger partial charge in [-0.2, -0.15) is 15.5 Å². The molecule has 1 aliphatic heterocycles. The van der Waals surface area contributed by atoms with E-state index in [-0.39, 0.29) is 17.5 Å². The van der Waals surface area contributed by atoms with Gasteiger partial charge in [-0.1, -0.05) is 0 Å². The van der Waals surface area contributed by atoms with Crippen molar-refractivity contribution in [2.24, 2.45) is 5.41 Å². The number of benzene rings is 1. The van der Waals surface area contributed by atoms with Gasteiger partial charge in [-0.15, -0.1) is 0 Å². The summed E-state index contributed by atoms with van der Waals surface area (Å²) in [5.41, 5.74) is 3.20. The quantitative estimate of drug-likeness (QED) is 0.534. The van der Waals surface area contributed by atoms with E-state index in [1.54, 1.807) is 11.0 Å². The fourth-order valence-electron chi connectivity index (χ4n) is 5.57. The van der Waals surface area contributed by atoms with Crippen LogP contribution in [0.4, 0.5) is 10.7 Å². The van der Waals surface area contributed by atoms with E-state index in [1.807, 2.05) is 52.8 Å². The number of nitrogens with zero attached hydrogens (tertiary/aromatic N) is 5. The number of carbonyl (C=O) groups excluding carboxylic acids is 1. The lowest BCUT2D eigenvalue weighted by molar-refractivity contribution is -0.0665. The van der Waals surface area contributed by atoms with Crippen LogP contribution in [0.2, 0.25) is 0 Å². The van der Waals surface area contributed by atoms with Crippen LogP contribution in [0, 0.1) is 41.9 Å². The number of nitriles is 2. The van der Waals surface area contributed by atoms with Crippen LogP contribution in [0.15, 0.2) is 18.2 Å². The molecule has 4 aliphatic rings. The predicted molar refractivity (Wildman–Crippen MR) is 136 cm³/mol. The summed E-state index contributed by atoms with van der Waals surface area (Å²) >= 11 is 0. The SMILES string of the molecule is Cc1cc(/C=C/C#N)cc(C)c1Oc1nc(NC23CC(C#N)(C2)C3)nc2c1CN(C(=O)OC(C)(C)C)C2. The van der Waals surface area contributed by atoms with E-state index in [1.165, 1.54) is 6.08 Å². The van der Waals surface area contributed by atoms with Gasteiger partial charge in [0.15, 0.2) is 0 Å². The van der Waals surface area contributed by atoms with Crippen molar-refractivity contribution in [2.75, 3.05) is 5.32 Å². The van der Waals surface area contributed by atoms with Crippen molar-refractivity contribution < 1.29 is 14.3 Å². The zero-order valence-electron chi connectivity index (χ0n) is 21.8. The first kappa shape index (κ1) is 24.6. The van der Waals surface area contributed by atoms with Gasteiger partial charge in [0.2, 0.25) is 11.8 Å². The lowest BCUT2D eigenvalue weighted by atomic mass is 9.40. The van der Waals surface area contributed by atoms with Crippen molar-refractivity contribution in [3.8, 4) is 23.8 Å². The molecule has 6 rings (SSSR count). The Balaban J connectivity index is 1.46. The van der Waals surface area contributed by atoms with E-state index >= 15 is 0 Å². The standard InChI is InChI=1S/C28H30N6O3/c1-17-9-19(7-6-8-29)10-18(2)22(17)36-23-20-11-34(25(35)37-26(3,4)5)12-21(20)31-24(32-23)33-28-13-27(14-28,15-28)16-30/h6-7,9-10H,11-15H2,1-5H3,(H,31,32,33)/b7-6+. The van der Waals surface area contributed by atoms with Gasteiger partial charge in [0.25, 0.3) is 0 Å².